The lowest BCUT2D eigenvalue weighted by molar-refractivity contribution is 0.433. The minimum atomic E-state index is 0.168. The van der Waals surface area contributed by atoms with Gasteiger partial charge in [-0.3, -0.25) is 4.68 Å². The topological polar surface area (TPSA) is 95.0 Å². The van der Waals surface area contributed by atoms with Gasteiger partial charge in [0, 0.05) is 20.1 Å². The summed E-state index contributed by atoms with van der Waals surface area (Å²) in [7, 11) is 1.87. The van der Waals surface area contributed by atoms with Gasteiger partial charge in [0.05, 0.1) is 5.69 Å². The normalized spacial score (nSPS) is 14.7. The molecule has 1 aliphatic heterocycles. The first-order chi connectivity index (χ1) is 10.0. The highest BCUT2D eigenvalue weighted by Crippen LogP contribution is 2.27. The zero-order chi connectivity index (χ0) is 15.0. The number of aryl methyl sites for hydroxylation is 2. The summed E-state index contributed by atoms with van der Waals surface area (Å²) in [6.45, 7) is 5.69. The van der Waals surface area contributed by atoms with Crippen LogP contribution in [0.4, 0.5) is 11.9 Å². The molecule has 1 aliphatic rings. The maximum Gasteiger partial charge on any atom is 0.328 e. The molecule has 0 spiro atoms. The van der Waals surface area contributed by atoms with E-state index < -0.39 is 0 Å². The first-order valence-corrected chi connectivity index (χ1v) is 6.99. The van der Waals surface area contributed by atoms with Gasteiger partial charge in [0.15, 0.2) is 5.75 Å². The minimum Gasteiger partial charge on any atom is -0.420 e. The molecule has 2 aromatic rings. The predicted octanol–water partition coefficient (Wildman–Crippen LogP) is 1.20. The third-order valence-corrected chi connectivity index (χ3v) is 3.65. The third-order valence-electron chi connectivity index (χ3n) is 3.65. The van der Waals surface area contributed by atoms with Gasteiger partial charge in [0.25, 0.3) is 0 Å². The molecule has 0 radical (unpaired) electrons. The molecule has 1 saturated heterocycles. The summed E-state index contributed by atoms with van der Waals surface area (Å²) < 4.78 is 7.55. The van der Waals surface area contributed by atoms with Gasteiger partial charge in [-0.05, 0) is 26.7 Å². The minimum absolute atomic E-state index is 0.168. The summed E-state index contributed by atoms with van der Waals surface area (Å²) >= 11 is 0. The van der Waals surface area contributed by atoms with Crippen molar-refractivity contribution in [2.24, 2.45) is 7.05 Å². The number of anilines is 2. The zero-order valence-electron chi connectivity index (χ0n) is 12.5. The number of aromatic nitrogens is 5. The van der Waals surface area contributed by atoms with Gasteiger partial charge in [-0.25, -0.2) is 0 Å². The number of rotatable bonds is 3. The van der Waals surface area contributed by atoms with Gasteiger partial charge in [0.2, 0.25) is 11.9 Å². The molecule has 1 fully saturated rings. The van der Waals surface area contributed by atoms with Crippen molar-refractivity contribution in [1.29, 1.82) is 0 Å². The molecule has 21 heavy (non-hydrogen) atoms. The average Bonchev–Trinajstić information content (AvgIpc) is 3.04. The maximum atomic E-state index is 5.79. The fraction of sp³-hybridized carbons (Fsp3) is 0.538. The van der Waals surface area contributed by atoms with Crippen molar-refractivity contribution in [2.75, 3.05) is 23.7 Å². The molecule has 3 heterocycles. The Kier molecular flexibility index (Phi) is 3.36. The quantitative estimate of drug-likeness (QED) is 0.906. The van der Waals surface area contributed by atoms with Crippen LogP contribution in [0.15, 0.2) is 0 Å². The Morgan fingerprint density at radius 1 is 1.10 bits per heavy atom. The molecule has 2 aromatic heterocycles. The van der Waals surface area contributed by atoms with E-state index in [1.165, 1.54) is 0 Å². The standard InChI is InChI=1S/C13H19N7O/c1-8-10(9(2)19(3)18-8)21-13-16-11(14)15-12(17-13)20-6-4-5-7-20/h4-7H2,1-3H3,(H2,14,15,16,17). The van der Waals surface area contributed by atoms with E-state index >= 15 is 0 Å². The SMILES string of the molecule is Cc1nn(C)c(C)c1Oc1nc(N)nc(N2CCCC2)n1. The lowest BCUT2D eigenvalue weighted by atomic mass is 10.3. The predicted molar refractivity (Wildman–Crippen MR) is 78.4 cm³/mol. The van der Waals surface area contributed by atoms with Crippen LogP contribution in [0.2, 0.25) is 0 Å². The summed E-state index contributed by atoms with van der Waals surface area (Å²) in [5, 5.41) is 4.31. The molecular formula is C13H19N7O. The molecule has 2 N–H and O–H groups in total. The summed E-state index contributed by atoms with van der Waals surface area (Å²) in [6, 6.07) is 0.212. The van der Waals surface area contributed by atoms with Crippen molar-refractivity contribution >= 4 is 11.9 Å². The fourth-order valence-corrected chi connectivity index (χ4v) is 2.46. The van der Waals surface area contributed by atoms with Crippen LogP contribution in [-0.4, -0.2) is 37.8 Å². The van der Waals surface area contributed by atoms with Crippen LogP contribution in [0.3, 0.4) is 0 Å². The van der Waals surface area contributed by atoms with Crippen molar-refractivity contribution in [3.63, 3.8) is 0 Å². The Labute approximate surface area is 123 Å². The highest BCUT2D eigenvalue weighted by molar-refractivity contribution is 5.39. The molecule has 0 saturated carbocycles. The van der Waals surface area contributed by atoms with E-state index in [9.17, 15) is 0 Å². The molecule has 0 atom stereocenters. The van der Waals surface area contributed by atoms with Gasteiger partial charge >= 0.3 is 6.01 Å². The Morgan fingerprint density at radius 2 is 1.81 bits per heavy atom. The molecule has 0 aliphatic carbocycles. The largest absolute Gasteiger partial charge is 0.420 e. The first-order valence-electron chi connectivity index (χ1n) is 6.99. The Hall–Kier alpha value is -2.38. The molecule has 3 rings (SSSR count). The first kappa shape index (κ1) is 13.6. The number of hydrogen-bond donors (Lipinski definition) is 1. The van der Waals surface area contributed by atoms with Crippen LogP contribution >= 0.6 is 0 Å². The van der Waals surface area contributed by atoms with Crippen LogP contribution in [0, 0.1) is 13.8 Å². The summed E-state index contributed by atoms with van der Waals surface area (Å²) in [6.07, 6.45) is 2.28. The molecule has 8 heteroatoms. The van der Waals surface area contributed by atoms with E-state index in [0.29, 0.717) is 11.7 Å². The van der Waals surface area contributed by atoms with Crippen molar-refractivity contribution < 1.29 is 4.74 Å². The van der Waals surface area contributed by atoms with Crippen LogP contribution < -0.4 is 15.4 Å². The Balaban J connectivity index is 1.91. The number of hydrogen-bond acceptors (Lipinski definition) is 7. The molecule has 0 unspecified atom stereocenters. The molecular weight excluding hydrogens is 270 g/mol. The highest BCUT2D eigenvalue weighted by Gasteiger charge is 2.19. The number of nitrogens with two attached hydrogens (primary N) is 1. The van der Waals surface area contributed by atoms with Crippen molar-refractivity contribution in [3.05, 3.63) is 11.4 Å². The lowest BCUT2D eigenvalue weighted by Crippen LogP contribution is -2.21. The lowest BCUT2D eigenvalue weighted by Gasteiger charge is -2.15. The van der Waals surface area contributed by atoms with E-state index in [1.54, 1.807) is 4.68 Å². The molecule has 0 bridgehead atoms. The smallest absolute Gasteiger partial charge is 0.328 e. The third kappa shape index (κ3) is 2.61. The van der Waals surface area contributed by atoms with Crippen LogP contribution in [0.25, 0.3) is 0 Å². The van der Waals surface area contributed by atoms with Gasteiger partial charge < -0.3 is 15.4 Å². The van der Waals surface area contributed by atoms with Crippen molar-refractivity contribution in [2.45, 2.75) is 26.7 Å². The second-order valence-electron chi connectivity index (χ2n) is 5.20. The molecule has 8 nitrogen and oxygen atoms in total. The van der Waals surface area contributed by atoms with Crippen molar-refractivity contribution in [1.82, 2.24) is 24.7 Å². The van der Waals surface area contributed by atoms with E-state index in [0.717, 1.165) is 37.3 Å². The molecule has 112 valence electrons. The van der Waals surface area contributed by atoms with Gasteiger partial charge in [-0.15, -0.1) is 0 Å². The summed E-state index contributed by atoms with van der Waals surface area (Å²) in [4.78, 5) is 14.7. The Bertz CT molecular complexity index is 661. The second-order valence-corrected chi connectivity index (χ2v) is 5.20. The van der Waals surface area contributed by atoms with Crippen molar-refractivity contribution in [3.8, 4) is 11.8 Å². The highest BCUT2D eigenvalue weighted by atomic mass is 16.5. The number of ether oxygens (including phenoxy) is 1. The van der Waals surface area contributed by atoms with Crippen LogP contribution in [0.5, 0.6) is 11.8 Å². The van der Waals surface area contributed by atoms with Gasteiger partial charge in [-0.2, -0.15) is 20.1 Å². The van der Waals surface area contributed by atoms with Gasteiger partial charge in [0.1, 0.15) is 5.69 Å². The average molecular weight is 289 g/mol. The van der Waals surface area contributed by atoms with E-state index in [4.69, 9.17) is 10.5 Å². The molecule has 0 amide bonds. The Morgan fingerprint density at radius 3 is 2.43 bits per heavy atom. The second kappa shape index (κ2) is 5.19. The van der Waals surface area contributed by atoms with Crippen LogP contribution in [0.1, 0.15) is 24.2 Å². The van der Waals surface area contributed by atoms with Gasteiger partial charge in [-0.1, -0.05) is 0 Å². The van der Waals surface area contributed by atoms with E-state index in [-0.39, 0.29) is 12.0 Å². The zero-order valence-corrected chi connectivity index (χ0v) is 12.5. The van der Waals surface area contributed by atoms with E-state index in [2.05, 4.69) is 25.0 Å². The fourth-order valence-electron chi connectivity index (χ4n) is 2.46. The van der Waals surface area contributed by atoms with E-state index in [1.807, 2.05) is 20.9 Å². The maximum absolute atomic E-state index is 5.79. The summed E-state index contributed by atoms with van der Waals surface area (Å²) in [5.74, 6) is 1.41. The monoisotopic (exact) mass is 289 g/mol. The number of nitrogen functional groups attached to an aromatic ring is 1. The van der Waals surface area contributed by atoms with Crippen LogP contribution in [-0.2, 0) is 7.05 Å². The summed E-state index contributed by atoms with van der Waals surface area (Å²) in [5.41, 5.74) is 7.47. The number of nitrogens with zero attached hydrogens (tertiary/aromatic N) is 6. The molecule has 0 aromatic carbocycles.